The second-order valence-electron chi connectivity index (χ2n) is 6.29. The molecule has 0 aromatic heterocycles. The van der Waals surface area contributed by atoms with Crippen LogP contribution in [0.5, 0.6) is 0 Å². The molecular formula is C17H24N2O2. The van der Waals surface area contributed by atoms with Gasteiger partial charge in [0, 0.05) is 24.5 Å². The van der Waals surface area contributed by atoms with Crippen LogP contribution in [0.25, 0.3) is 0 Å². The fourth-order valence-electron chi connectivity index (χ4n) is 3.43. The van der Waals surface area contributed by atoms with Gasteiger partial charge in [-0.15, -0.1) is 0 Å². The average Bonchev–Trinajstić information content (AvgIpc) is 3.12. The van der Waals surface area contributed by atoms with Gasteiger partial charge in [0.25, 0.3) is 0 Å². The highest BCUT2D eigenvalue weighted by Gasteiger charge is 2.31. The third kappa shape index (κ3) is 3.05. The van der Waals surface area contributed by atoms with Gasteiger partial charge >= 0.3 is 0 Å². The second kappa shape index (κ2) is 6.06. The standard InChI is InChI=1S/C17H24N2O2/c1-12-11-13(19-9-2-3-10-19)7-8-15(12)18-17(21)14-5-4-6-16(14)20/h7-8,11,14,16,20H,2-6,9-10H2,1H3,(H,18,21). The van der Waals surface area contributed by atoms with Gasteiger partial charge in [0.15, 0.2) is 0 Å². The maximum atomic E-state index is 12.2. The van der Waals surface area contributed by atoms with Gasteiger partial charge in [-0.1, -0.05) is 0 Å². The molecule has 0 bridgehead atoms. The van der Waals surface area contributed by atoms with Crippen LogP contribution in [-0.2, 0) is 4.79 Å². The highest BCUT2D eigenvalue weighted by molar-refractivity contribution is 5.94. The SMILES string of the molecule is Cc1cc(N2CCCC2)ccc1NC(=O)C1CCCC1O. The lowest BCUT2D eigenvalue weighted by molar-refractivity contribution is -0.122. The fourth-order valence-corrected chi connectivity index (χ4v) is 3.43. The van der Waals surface area contributed by atoms with Gasteiger partial charge in [-0.2, -0.15) is 0 Å². The van der Waals surface area contributed by atoms with E-state index >= 15 is 0 Å². The number of aryl methyl sites for hydroxylation is 1. The molecule has 4 nitrogen and oxygen atoms in total. The molecule has 1 aliphatic carbocycles. The maximum Gasteiger partial charge on any atom is 0.230 e. The molecule has 2 atom stereocenters. The van der Waals surface area contributed by atoms with Crippen molar-refractivity contribution in [3.63, 3.8) is 0 Å². The molecule has 114 valence electrons. The van der Waals surface area contributed by atoms with Crippen LogP contribution in [-0.4, -0.2) is 30.2 Å². The van der Waals surface area contributed by atoms with E-state index in [0.717, 1.165) is 43.6 Å². The van der Waals surface area contributed by atoms with Crippen LogP contribution in [0.2, 0.25) is 0 Å². The molecule has 21 heavy (non-hydrogen) atoms. The van der Waals surface area contributed by atoms with Gasteiger partial charge in [-0.25, -0.2) is 0 Å². The molecule has 2 aliphatic rings. The number of amides is 1. The maximum absolute atomic E-state index is 12.2. The first-order valence-electron chi connectivity index (χ1n) is 7.99. The van der Waals surface area contributed by atoms with Gasteiger partial charge in [0.05, 0.1) is 12.0 Å². The van der Waals surface area contributed by atoms with E-state index in [2.05, 4.69) is 22.3 Å². The number of nitrogens with one attached hydrogen (secondary N) is 1. The van der Waals surface area contributed by atoms with Gasteiger partial charge in [-0.3, -0.25) is 4.79 Å². The van der Waals surface area contributed by atoms with E-state index in [9.17, 15) is 9.90 Å². The van der Waals surface area contributed by atoms with Crippen LogP contribution in [0.15, 0.2) is 18.2 Å². The number of aliphatic hydroxyl groups excluding tert-OH is 1. The van der Waals surface area contributed by atoms with Crippen molar-refractivity contribution in [1.82, 2.24) is 0 Å². The van der Waals surface area contributed by atoms with Gasteiger partial charge in [0.1, 0.15) is 0 Å². The molecule has 2 unspecified atom stereocenters. The molecule has 2 fully saturated rings. The Balaban J connectivity index is 1.69. The molecule has 1 aromatic carbocycles. The Labute approximate surface area is 126 Å². The third-order valence-electron chi connectivity index (χ3n) is 4.76. The zero-order chi connectivity index (χ0) is 14.8. The van der Waals surface area contributed by atoms with E-state index < -0.39 is 6.10 Å². The fraction of sp³-hybridized carbons (Fsp3) is 0.588. The summed E-state index contributed by atoms with van der Waals surface area (Å²) in [7, 11) is 0. The minimum Gasteiger partial charge on any atom is -0.392 e. The van der Waals surface area contributed by atoms with Gasteiger partial charge in [0.2, 0.25) is 5.91 Å². The Kier molecular flexibility index (Phi) is 4.15. The number of aliphatic hydroxyl groups is 1. The predicted octanol–water partition coefficient (Wildman–Crippen LogP) is 2.69. The Morgan fingerprint density at radius 2 is 2.00 bits per heavy atom. The van der Waals surface area contributed by atoms with Crippen molar-refractivity contribution in [2.45, 2.75) is 45.1 Å². The summed E-state index contributed by atoms with van der Waals surface area (Å²) in [5, 5.41) is 12.8. The van der Waals surface area contributed by atoms with Crippen molar-refractivity contribution in [2.24, 2.45) is 5.92 Å². The molecule has 1 saturated carbocycles. The van der Waals surface area contributed by atoms with E-state index in [0.29, 0.717) is 0 Å². The zero-order valence-corrected chi connectivity index (χ0v) is 12.6. The first-order valence-corrected chi connectivity index (χ1v) is 7.99. The summed E-state index contributed by atoms with van der Waals surface area (Å²) in [6.07, 6.45) is 4.51. The van der Waals surface area contributed by atoms with E-state index in [1.54, 1.807) is 0 Å². The quantitative estimate of drug-likeness (QED) is 0.899. The Hall–Kier alpha value is -1.55. The topological polar surface area (TPSA) is 52.6 Å². The van der Waals surface area contributed by atoms with Crippen LogP contribution in [0.4, 0.5) is 11.4 Å². The summed E-state index contributed by atoms with van der Waals surface area (Å²) in [6, 6.07) is 6.22. The van der Waals surface area contributed by atoms with Gasteiger partial charge < -0.3 is 15.3 Å². The van der Waals surface area contributed by atoms with E-state index in [-0.39, 0.29) is 11.8 Å². The normalized spacial score (nSPS) is 25.3. The minimum absolute atomic E-state index is 0.0444. The number of carbonyl (C=O) groups excluding carboxylic acids is 1. The predicted molar refractivity (Wildman–Crippen MR) is 84.6 cm³/mol. The van der Waals surface area contributed by atoms with Crippen molar-refractivity contribution in [3.05, 3.63) is 23.8 Å². The van der Waals surface area contributed by atoms with Crippen molar-refractivity contribution in [1.29, 1.82) is 0 Å². The first kappa shape index (κ1) is 14.4. The molecule has 1 amide bonds. The number of hydrogen-bond donors (Lipinski definition) is 2. The summed E-state index contributed by atoms with van der Waals surface area (Å²) < 4.78 is 0. The molecule has 1 aromatic rings. The first-order chi connectivity index (χ1) is 10.1. The van der Waals surface area contributed by atoms with E-state index in [1.165, 1.54) is 18.5 Å². The lowest BCUT2D eigenvalue weighted by atomic mass is 10.0. The summed E-state index contributed by atoms with van der Waals surface area (Å²) in [4.78, 5) is 14.6. The molecule has 1 aliphatic heterocycles. The molecule has 1 heterocycles. The number of nitrogens with zero attached hydrogens (tertiary/aromatic N) is 1. The lowest BCUT2D eigenvalue weighted by Gasteiger charge is -2.20. The average molecular weight is 288 g/mol. The number of anilines is 2. The third-order valence-corrected chi connectivity index (χ3v) is 4.76. The molecule has 3 rings (SSSR count). The molecule has 2 N–H and O–H groups in total. The molecular weight excluding hydrogens is 264 g/mol. The lowest BCUT2D eigenvalue weighted by Crippen LogP contribution is -2.29. The number of hydrogen-bond acceptors (Lipinski definition) is 3. The summed E-state index contributed by atoms with van der Waals surface area (Å²) in [5.74, 6) is -0.292. The second-order valence-corrected chi connectivity index (χ2v) is 6.29. The smallest absolute Gasteiger partial charge is 0.230 e. The van der Waals surface area contributed by atoms with Crippen LogP contribution >= 0.6 is 0 Å². The van der Waals surface area contributed by atoms with Crippen LogP contribution in [0, 0.1) is 12.8 Å². The molecule has 0 spiro atoms. The summed E-state index contributed by atoms with van der Waals surface area (Å²) in [5.41, 5.74) is 3.19. The Morgan fingerprint density at radius 3 is 2.62 bits per heavy atom. The number of rotatable bonds is 3. The molecule has 4 heteroatoms. The highest BCUT2D eigenvalue weighted by Crippen LogP contribution is 2.29. The molecule has 1 saturated heterocycles. The van der Waals surface area contributed by atoms with Crippen LogP contribution in [0.3, 0.4) is 0 Å². The number of carbonyl (C=O) groups is 1. The van der Waals surface area contributed by atoms with Gasteiger partial charge in [-0.05, 0) is 62.8 Å². The number of benzene rings is 1. The van der Waals surface area contributed by atoms with E-state index in [4.69, 9.17) is 0 Å². The molecule has 0 radical (unpaired) electrons. The van der Waals surface area contributed by atoms with Crippen molar-refractivity contribution < 1.29 is 9.90 Å². The van der Waals surface area contributed by atoms with Crippen LogP contribution in [0.1, 0.15) is 37.7 Å². The monoisotopic (exact) mass is 288 g/mol. The summed E-state index contributed by atoms with van der Waals surface area (Å²) >= 11 is 0. The van der Waals surface area contributed by atoms with E-state index in [1.807, 2.05) is 13.0 Å². The largest absolute Gasteiger partial charge is 0.392 e. The van der Waals surface area contributed by atoms with Crippen LogP contribution < -0.4 is 10.2 Å². The van der Waals surface area contributed by atoms with Crippen molar-refractivity contribution in [2.75, 3.05) is 23.3 Å². The van der Waals surface area contributed by atoms with Crippen molar-refractivity contribution >= 4 is 17.3 Å². The summed E-state index contributed by atoms with van der Waals surface area (Å²) in [6.45, 7) is 4.28. The van der Waals surface area contributed by atoms with Crippen molar-refractivity contribution in [3.8, 4) is 0 Å². The minimum atomic E-state index is -0.478. The Morgan fingerprint density at radius 1 is 1.24 bits per heavy atom. The zero-order valence-electron chi connectivity index (χ0n) is 12.6. The highest BCUT2D eigenvalue weighted by atomic mass is 16.3. The Bertz CT molecular complexity index is 524.